The topological polar surface area (TPSA) is 82.2 Å². The standard InChI is InChI=1S/C13H14N2O3/c1-8(16)15-12(13(17)18)6-9-7-14-11-5-3-2-4-10(9)11/h2-5,7,12,14H,6H2,1H3,(H,15,16)(H,17,18)/i6D2,12D. The van der Waals surface area contributed by atoms with Crippen molar-refractivity contribution in [2.24, 2.45) is 0 Å². The molecule has 0 saturated carbocycles. The molecule has 94 valence electrons. The largest absolute Gasteiger partial charge is 0.480 e. The third-order valence-electron chi connectivity index (χ3n) is 2.36. The van der Waals surface area contributed by atoms with Gasteiger partial charge in [-0.1, -0.05) is 18.2 Å². The van der Waals surface area contributed by atoms with Gasteiger partial charge >= 0.3 is 5.97 Å². The zero-order chi connectivity index (χ0) is 15.8. The van der Waals surface area contributed by atoms with E-state index in [0.29, 0.717) is 10.9 Å². The van der Waals surface area contributed by atoms with E-state index in [9.17, 15) is 14.7 Å². The van der Waals surface area contributed by atoms with Gasteiger partial charge in [0, 0.05) is 33.1 Å². The van der Waals surface area contributed by atoms with Crippen LogP contribution in [0.3, 0.4) is 0 Å². The molecule has 0 radical (unpaired) electrons. The molecule has 1 amide bonds. The van der Waals surface area contributed by atoms with Gasteiger partial charge in [0.2, 0.25) is 5.91 Å². The number of fused-ring (bicyclic) bond motifs is 1. The first kappa shape index (κ1) is 8.74. The smallest absolute Gasteiger partial charge is 0.326 e. The van der Waals surface area contributed by atoms with Gasteiger partial charge in [0.05, 0.1) is 1.37 Å². The molecule has 1 atom stereocenters. The van der Waals surface area contributed by atoms with Gasteiger partial charge < -0.3 is 15.4 Å². The summed E-state index contributed by atoms with van der Waals surface area (Å²) in [5.41, 5.74) is 0.621. The molecule has 0 bridgehead atoms. The Hall–Kier alpha value is -2.30. The molecule has 0 aliphatic carbocycles. The lowest BCUT2D eigenvalue weighted by Gasteiger charge is -2.12. The first-order valence-corrected chi connectivity index (χ1v) is 5.29. The molecule has 1 aromatic heterocycles. The summed E-state index contributed by atoms with van der Waals surface area (Å²) in [7, 11) is 0. The molecule has 2 aromatic rings. The number of aliphatic carboxylic acids is 1. The monoisotopic (exact) mass is 249 g/mol. The minimum atomic E-state index is -2.83. The average Bonchev–Trinajstić information content (AvgIpc) is 2.81. The summed E-state index contributed by atoms with van der Waals surface area (Å²) in [5.74, 6) is -2.57. The van der Waals surface area contributed by atoms with E-state index in [4.69, 9.17) is 4.11 Å². The summed E-state index contributed by atoms with van der Waals surface area (Å²) in [6.45, 7) is 1.04. The van der Waals surface area contributed by atoms with Gasteiger partial charge in [-0.3, -0.25) is 4.79 Å². The van der Waals surface area contributed by atoms with Crippen LogP contribution in [0.15, 0.2) is 30.5 Å². The SMILES string of the molecule is [2H]C(NC(C)=O)(C(=O)O)C([2H])([2H])c1c[nH]c2ccccc12. The van der Waals surface area contributed by atoms with Gasteiger partial charge in [-0.05, 0) is 11.6 Å². The van der Waals surface area contributed by atoms with Crippen LogP contribution >= 0.6 is 0 Å². The van der Waals surface area contributed by atoms with E-state index >= 15 is 0 Å². The van der Waals surface area contributed by atoms with Crippen molar-refractivity contribution in [3.63, 3.8) is 0 Å². The summed E-state index contributed by atoms with van der Waals surface area (Å²) < 4.78 is 24.2. The van der Waals surface area contributed by atoms with E-state index in [1.165, 1.54) is 6.20 Å². The molecule has 3 N–H and O–H groups in total. The van der Waals surface area contributed by atoms with Gasteiger partial charge in [0.15, 0.2) is 0 Å². The number of hydrogen-bond acceptors (Lipinski definition) is 2. The van der Waals surface area contributed by atoms with Crippen molar-refractivity contribution in [3.05, 3.63) is 36.0 Å². The minimum absolute atomic E-state index is 0.00394. The van der Waals surface area contributed by atoms with Gasteiger partial charge in [-0.15, -0.1) is 0 Å². The molecule has 0 fully saturated rings. The fourth-order valence-electron chi connectivity index (χ4n) is 1.62. The molecule has 0 saturated heterocycles. The second-order valence-electron chi connectivity index (χ2n) is 3.73. The third-order valence-corrected chi connectivity index (χ3v) is 2.36. The predicted molar refractivity (Wildman–Crippen MR) is 67.2 cm³/mol. The van der Waals surface area contributed by atoms with Crippen molar-refractivity contribution in [1.29, 1.82) is 0 Å². The number of aromatic nitrogens is 1. The normalized spacial score (nSPS) is 17.3. The number of carbonyl (C=O) groups is 2. The lowest BCUT2D eigenvalue weighted by Crippen LogP contribution is -2.41. The molecule has 2 rings (SSSR count). The summed E-state index contributed by atoms with van der Waals surface area (Å²) in [6, 6.07) is 3.93. The van der Waals surface area contributed by atoms with E-state index in [2.05, 4.69) is 4.98 Å². The average molecular weight is 249 g/mol. The lowest BCUT2D eigenvalue weighted by atomic mass is 10.1. The first-order chi connectivity index (χ1) is 9.70. The summed E-state index contributed by atoms with van der Waals surface area (Å²) in [6.07, 6.45) is -1.32. The van der Waals surface area contributed by atoms with Gasteiger partial charge in [0.1, 0.15) is 6.02 Å². The fraction of sp³-hybridized carbons (Fsp3) is 0.231. The van der Waals surface area contributed by atoms with E-state index in [-0.39, 0.29) is 5.56 Å². The van der Waals surface area contributed by atoms with Crippen molar-refractivity contribution in [1.82, 2.24) is 10.3 Å². The highest BCUT2D eigenvalue weighted by Gasteiger charge is 2.20. The maximum Gasteiger partial charge on any atom is 0.326 e. The molecule has 0 aliphatic heterocycles. The highest BCUT2D eigenvalue weighted by molar-refractivity contribution is 5.86. The Morgan fingerprint density at radius 3 is 2.94 bits per heavy atom. The van der Waals surface area contributed by atoms with Crippen molar-refractivity contribution in [2.75, 3.05) is 0 Å². The molecule has 1 aromatic carbocycles. The highest BCUT2D eigenvalue weighted by atomic mass is 16.4. The molecule has 5 heteroatoms. The molecule has 0 spiro atoms. The number of hydrogen-bond donors (Lipinski definition) is 3. The van der Waals surface area contributed by atoms with Crippen LogP contribution in [0.5, 0.6) is 0 Å². The van der Waals surface area contributed by atoms with Crippen LogP contribution in [0.4, 0.5) is 0 Å². The maximum absolute atomic E-state index is 11.4. The fourth-order valence-corrected chi connectivity index (χ4v) is 1.62. The van der Waals surface area contributed by atoms with Crippen molar-refractivity contribution in [3.8, 4) is 0 Å². The van der Waals surface area contributed by atoms with Crippen LogP contribution in [0, 0.1) is 0 Å². The number of amides is 1. The highest BCUT2D eigenvalue weighted by Crippen LogP contribution is 2.19. The Bertz CT molecular complexity index is 714. The summed E-state index contributed by atoms with van der Waals surface area (Å²) >= 11 is 0. The maximum atomic E-state index is 11.4. The predicted octanol–water partition coefficient (Wildman–Crippen LogP) is 1.30. The first-order valence-electron chi connectivity index (χ1n) is 6.79. The third kappa shape index (κ3) is 2.51. The van der Waals surface area contributed by atoms with Gasteiger partial charge in [-0.2, -0.15) is 0 Å². The van der Waals surface area contributed by atoms with E-state index in [0.717, 1.165) is 6.92 Å². The van der Waals surface area contributed by atoms with Crippen molar-refractivity contribution < 1.29 is 18.8 Å². The summed E-state index contributed by atoms with van der Waals surface area (Å²) in [5, 5.41) is 11.6. The number of carboxylic acids is 1. The zero-order valence-electron chi connectivity index (χ0n) is 12.7. The Labute approximate surface area is 108 Å². The van der Waals surface area contributed by atoms with E-state index in [1.807, 2.05) is 5.32 Å². The van der Waals surface area contributed by atoms with Crippen LogP contribution in [-0.2, 0) is 16.0 Å². The lowest BCUT2D eigenvalue weighted by molar-refractivity contribution is -0.141. The second-order valence-corrected chi connectivity index (χ2v) is 3.73. The molecular weight excluding hydrogens is 232 g/mol. The van der Waals surface area contributed by atoms with Crippen LogP contribution in [0.2, 0.25) is 0 Å². The Morgan fingerprint density at radius 2 is 2.28 bits per heavy atom. The number of benzene rings is 1. The Morgan fingerprint density at radius 1 is 1.56 bits per heavy atom. The Balaban J connectivity index is 2.62. The number of carboxylic acid groups (broad SMARTS) is 1. The number of carbonyl (C=O) groups excluding carboxylic acids is 1. The van der Waals surface area contributed by atoms with Crippen LogP contribution in [0.25, 0.3) is 10.9 Å². The van der Waals surface area contributed by atoms with Gasteiger partial charge in [0.25, 0.3) is 0 Å². The number of nitrogens with one attached hydrogen (secondary N) is 2. The van der Waals surface area contributed by atoms with Crippen molar-refractivity contribution >= 4 is 22.8 Å². The second kappa shape index (κ2) is 4.91. The van der Waals surface area contributed by atoms with Crippen LogP contribution in [-0.4, -0.2) is 28.0 Å². The molecule has 1 heterocycles. The molecule has 5 nitrogen and oxygen atoms in total. The molecule has 1 unspecified atom stereocenters. The molecule has 18 heavy (non-hydrogen) atoms. The van der Waals surface area contributed by atoms with E-state index in [1.54, 1.807) is 24.3 Å². The number of para-hydroxylation sites is 1. The van der Waals surface area contributed by atoms with Gasteiger partial charge in [-0.25, -0.2) is 4.79 Å². The van der Waals surface area contributed by atoms with E-state index < -0.39 is 24.3 Å². The molecular formula is C13H14N2O3. The zero-order valence-corrected chi connectivity index (χ0v) is 9.65. The van der Waals surface area contributed by atoms with Crippen LogP contribution < -0.4 is 5.32 Å². The number of rotatable bonds is 4. The minimum Gasteiger partial charge on any atom is -0.480 e. The number of H-pyrrole nitrogens is 1. The number of aromatic amines is 1. The summed E-state index contributed by atoms with van der Waals surface area (Å²) in [4.78, 5) is 25.4. The quantitative estimate of drug-likeness (QED) is 0.763. The Kier molecular flexibility index (Phi) is 2.39. The molecule has 0 aliphatic rings. The van der Waals surface area contributed by atoms with Crippen LogP contribution in [0.1, 0.15) is 16.6 Å². The van der Waals surface area contributed by atoms with Crippen molar-refractivity contribution in [2.45, 2.75) is 19.3 Å².